The molecule has 0 aromatic carbocycles. The molecule has 0 saturated carbocycles. The smallest absolute Gasteiger partial charge is 0.171 e. The summed E-state index contributed by atoms with van der Waals surface area (Å²) in [5.41, 5.74) is 0. The molecule has 0 bridgehead atoms. The summed E-state index contributed by atoms with van der Waals surface area (Å²) >= 11 is 0. The summed E-state index contributed by atoms with van der Waals surface area (Å²) in [5, 5.41) is 3.64. The zero-order valence-corrected chi connectivity index (χ0v) is 23.4. The van der Waals surface area contributed by atoms with E-state index in [1.54, 1.807) is 0 Å². The van der Waals surface area contributed by atoms with Crippen molar-refractivity contribution in [2.24, 2.45) is 0 Å². The standard InChI is InChI=1S/C20H47NO4Si2/c1-7-13-22-17(23-14-8-2)19(26,11-5)21-20(27,12-6)18(24-15-9-3)25-16-10-4/h17-18,21H,7-16H2,1-6,26-27H3. The van der Waals surface area contributed by atoms with Crippen molar-refractivity contribution in [3.05, 3.63) is 0 Å². The van der Waals surface area contributed by atoms with Gasteiger partial charge < -0.3 is 24.3 Å². The molecule has 0 aromatic heterocycles. The zero-order valence-electron chi connectivity index (χ0n) is 19.4. The van der Waals surface area contributed by atoms with E-state index < -0.39 is 0 Å². The molecule has 27 heavy (non-hydrogen) atoms. The molecular formula is C20H47NO4Si2. The highest BCUT2D eigenvalue weighted by Gasteiger charge is 2.44. The average Bonchev–Trinajstić information content (AvgIpc) is 2.67. The van der Waals surface area contributed by atoms with Crippen LogP contribution in [-0.2, 0) is 18.9 Å². The third-order valence-electron chi connectivity index (χ3n) is 4.97. The molecule has 0 aliphatic heterocycles. The Bertz CT molecular complexity index is 317. The van der Waals surface area contributed by atoms with Gasteiger partial charge in [0.25, 0.3) is 0 Å². The van der Waals surface area contributed by atoms with Crippen molar-refractivity contribution >= 4 is 20.5 Å². The molecule has 0 spiro atoms. The Kier molecular flexibility index (Phi) is 15.3. The third-order valence-corrected chi connectivity index (χ3v) is 7.83. The van der Waals surface area contributed by atoms with Crippen LogP contribution in [0.25, 0.3) is 0 Å². The van der Waals surface area contributed by atoms with Crippen molar-refractivity contribution in [2.45, 2.75) is 103 Å². The molecule has 0 aliphatic rings. The van der Waals surface area contributed by atoms with Crippen molar-refractivity contribution in [1.29, 1.82) is 0 Å². The second-order valence-corrected chi connectivity index (χ2v) is 11.4. The van der Waals surface area contributed by atoms with Crippen LogP contribution in [0.5, 0.6) is 0 Å². The largest absolute Gasteiger partial charge is 0.351 e. The summed E-state index contributed by atoms with van der Waals surface area (Å²) in [6.07, 6.45) is 5.48. The molecule has 2 atom stereocenters. The number of nitrogens with one attached hydrogen (secondary N) is 1. The minimum absolute atomic E-state index is 0.161. The second kappa shape index (κ2) is 15.1. The van der Waals surface area contributed by atoms with Crippen LogP contribution in [0, 0.1) is 0 Å². The highest BCUT2D eigenvalue weighted by Crippen LogP contribution is 2.25. The Morgan fingerprint density at radius 1 is 0.593 bits per heavy atom. The lowest BCUT2D eigenvalue weighted by Crippen LogP contribution is -2.69. The molecule has 0 aromatic rings. The first-order valence-corrected chi connectivity index (χ1v) is 13.1. The molecule has 164 valence electrons. The normalized spacial score (nSPS) is 16.9. The van der Waals surface area contributed by atoms with E-state index in [0.717, 1.165) is 85.4 Å². The summed E-state index contributed by atoms with van der Waals surface area (Å²) in [5.74, 6) is 0. The maximum Gasteiger partial charge on any atom is 0.171 e. The Labute approximate surface area is 174 Å². The highest BCUT2D eigenvalue weighted by molar-refractivity contribution is 6.19. The minimum atomic E-state index is -0.216. The van der Waals surface area contributed by atoms with Gasteiger partial charge in [0.1, 0.15) is 0 Å². The summed E-state index contributed by atoms with van der Waals surface area (Å²) < 4.78 is 24.7. The first-order valence-electron chi connectivity index (χ1n) is 11.1. The molecule has 5 nitrogen and oxygen atoms in total. The van der Waals surface area contributed by atoms with Gasteiger partial charge in [0.2, 0.25) is 0 Å². The number of rotatable bonds is 18. The van der Waals surface area contributed by atoms with Crippen molar-refractivity contribution in [3.63, 3.8) is 0 Å². The molecule has 7 heteroatoms. The van der Waals surface area contributed by atoms with Gasteiger partial charge in [-0.3, -0.25) is 0 Å². The number of ether oxygens (including phenoxy) is 4. The molecule has 0 radical (unpaired) electrons. The van der Waals surface area contributed by atoms with Gasteiger partial charge in [-0.15, -0.1) is 0 Å². The fourth-order valence-corrected chi connectivity index (χ4v) is 5.32. The lowest BCUT2D eigenvalue weighted by molar-refractivity contribution is -0.197. The average molecular weight is 422 g/mol. The first kappa shape index (κ1) is 27.2. The van der Waals surface area contributed by atoms with Crippen LogP contribution in [-0.4, -0.2) is 69.8 Å². The van der Waals surface area contributed by atoms with Crippen LogP contribution in [0.3, 0.4) is 0 Å². The van der Waals surface area contributed by atoms with Gasteiger partial charge in [-0.25, -0.2) is 0 Å². The quantitative estimate of drug-likeness (QED) is 0.270. The summed E-state index contributed by atoms with van der Waals surface area (Å²) in [4.78, 5) is 0. The Morgan fingerprint density at radius 2 is 0.852 bits per heavy atom. The van der Waals surface area contributed by atoms with E-state index in [1.807, 2.05) is 0 Å². The number of hydrogen-bond donors (Lipinski definition) is 1. The third kappa shape index (κ3) is 9.52. The van der Waals surface area contributed by atoms with Gasteiger partial charge in [0.05, 0.1) is 10.3 Å². The lowest BCUT2D eigenvalue weighted by Gasteiger charge is -2.47. The van der Waals surface area contributed by atoms with Crippen LogP contribution in [0.15, 0.2) is 0 Å². The van der Waals surface area contributed by atoms with Crippen LogP contribution in [0.4, 0.5) is 0 Å². The maximum absolute atomic E-state index is 6.17. The van der Waals surface area contributed by atoms with Crippen molar-refractivity contribution in [1.82, 2.24) is 5.32 Å². The fourth-order valence-electron chi connectivity index (χ4n) is 3.01. The molecular weight excluding hydrogens is 374 g/mol. The van der Waals surface area contributed by atoms with E-state index in [-0.39, 0.29) is 22.9 Å². The van der Waals surface area contributed by atoms with E-state index in [0.29, 0.717) is 0 Å². The predicted molar refractivity (Wildman–Crippen MR) is 122 cm³/mol. The van der Waals surface area contributed by atoms with Gasteiger partial charge in [0.15, 0.2) is 12.6 Å². The van der Waals surface area contributed by atoms with Crippen LogP contribution in [0.2, 0.25) is 0 Å². The molecule has 1 N–H and O–H groups in total. The maximum atomic E-state index is 6.17. The van der Waals surface area contributed by atoms with Gasteiger partial charge in [-0.1, -0.05) is 41.5 Å². The molecule has 0 heterocycles. The predicted octanol–water partition coefficient (Wildman–Crippen LogP) is 1.88. The van der Waals surface area contributed by atoms with Crippen molar-refractivity contribution in [2.75, 3.05) is 26.4 Å². The van der Waals surface area contributed by atoms with E-state index in [9.17, 15) is 0 Å². The van der Waals surface area contributed by atoms with Crippen molar-refractivity contribution in [3.8, 4) is 0 Å². The van der Waals surface area contributed by atoms with Crippen LogP contribution >= 0.6 is 0 Å². The summed E-state index contributed by atoms with van der Waals surface area (Å²) in [6, 6.07) is 0. The topological polar surface area (TPSA) is 49.0 Å². The van der Waals surface area contributed by atoms with E-state index in [4.69, 9.17) is 18.9 Å². The molecule has 0 aliphatic carbocycles. The molecule has 0 fully saturated rings. The Hall–Kier alpha value is 0.234. The van der Waals surface area contributed by atoms with Crippen molar-refractivity contribution < 1.29 is 18.9 Å². The zero-order chi connectivity index (χ0) is 20.8. The van der Waals surface area contributed by atoms with Gasteiger partial charge >= 0.3 is 0 Å². The van der Waals surface area contributed by atoms with E-state index >= 15 is 0 Å². The molecule has 0 amide bonds. The van der Waals surface area contributed by atoms with E-state index in [1.165, 1.54) is 0 Å². The van der Waals surface area contributed by atoms with E-state index in [2.05, 4.69) is 46.9 Å². The monoisotopic (exact) mass is 421 g/mol. The van der Waals surface area contributed by atoms with Gasteiger partial charge in [-0.2, -0.15) is 0 Å². The molecule has 2 unspecified atom stereocenters. The Morgan fingerprint density at radius 3 is 1.04 bits per heavy atom. The summed E-state index contributed by atoms with van der Waals surface area (Å²) in [6.45, 7) is 15.9. The van der Waals surface area contributed by atoms with Gasteiger partial charge in [0, 0.05) is 46.9 Å². The highest BCUT2D eigenvalue weighted by atomic mass is 28.2. The Balaban J connectivity index is 5.50. The first-order chi connectivity index (χ1) is 12.9. The van der Waals surface area contributed by atoms with Crippen LogP contribution < -0.4 is 5.32 Å². The fraction of sp³-hybridized carbons (Fsp3) is 1.00. The minimum Gasteiger partial charge on any atom is -0.351 e. The lowest BCUT2D eigenvalue weighted by atomic mass is 10.1. The van der Waals surface area contributed by atoms with Crippen LogP contribution in [0.1, 0.15) is 80.1 Å². The second-order valence-electron chi connectivity index (χ2n) is 7.81. The number of hydrogen-bond acceptors (Lipinski definition) is 5. The summed E-state index contributed by atoms with van der Waals surface area (Å²) in [7, 11) is 1.85. The SMILES string of the molecule is CCCOC(OCCC)C([SiH3])(CC)NC([SiH3])(CC)C(OCCC)OCCC. The molecule has 0 rings (SSSR count). The molecule has 0 saturated heterocycles. The van der Waals surface area contributed by atoms with Gasteiger partial charge in [-0.05, 0) is 38.5 Å².